The summed E-state index contributed by atoms with van der Waals surface area (Å²) >= 11 is 0. The zero-order valence-corrected chi connectivity index (χ0v) is 16.0. The second-order valence-corrected chi connectivity index (χ2v) is 8.19. The van der Waals surface area contributed by atoms with Crippen molar-refractivity contribution in [1.29, 1.82) is 0 Å². The molecule has 0 saturated carbocycles. The molecule has 2 aliphatic rings. The topological polar surface area (TPSA) is 17.1 Å². The summed E-state index contributed by atoms with van der Waals surface area (Å²) in [5, 5.41) is 0. The largest absolute Gasteiger partial charge is 0.298 e. The summed E-state index contributed by atoms with van der Waals surface area (Å²) in [4.78, 5) is 13.2. The fraction of sp³-hybridized carbons (Fsp3) is 0.269. The SMILES string of the molecule is Cc1cccc(C2(C)C(=O)CCc3c2ccc2c3CCc3ccccc3-2)c1. The Balaban J connectivity index is 1.74. The van der Waals surface area contributed by atoms with Crippen LogP contribution in [0.15, 0.2) is 60.7 Å². The van der Waals surface area contributed by atoms with E-state index in [1.807, 2.05) is 0 Å². The van der Waals surface area contributed by atoms with E-state index in [0.717, 1.165) is 24.8 Å². The number of fused-ring (bicyclic) bond motifs is 5. The summed E-state index contributed by atoms with van der Waals surface area (Å²) in [6.45, 7) is 4.23. The van der Waals surface area contributed by atoms with Crippen LogP contribution in [0.4, 0.5) is 0 Å². The predicted octanol–water partition coefficient (Wildman–Crippen LogP) is 5.58. The first-order valence-electron chi connectivity index (χ1n) is 9.93. The van der Waals surface area contributed by atoms with E-state index in [1.54, 1.807) is 0 Å². The van der Waals surface area contributed by atoms with Crippen LogP contribution in [0.1, 0.15) is 46.7 Å². The lowest BCUT2D eigenvalue weighted by molar-refractivity contribution is -0.123. The minimum absolute atomic E-state index is 0.344. The lowest BCUT2D eigenvalue weighted by atomic mass is 9.64. The molecule has 0 aromatic heterocycles. The molecule has 27 heavy (non-hydrogen) atoms. The molecule has 0 fully saturated rings. The van der Waals surface area contributed by atoms with Crippen molar-refractivity contribution in [1.82, 2.24) is 0 Å². The Labute approximate surface area is 161 Å². The van der Waals surface area contributed by atoms with Crippen molar-refractivity contribution >= 4 is 5.78 Å². The number of carbonyl (C=O) groups is 1. The third-order valence-electron chi connectivity index (χ3n) is 6.68. The van der Waals surface area contributed by atoms with Crippen LogP contribution in [-0.2, 0) is 29.5 Å². The Hall–Kier alpha value is -2.67. The van der Waals surface area contributed by atoms with Crippen molar-refractivity contribution in [2.75, 3.05) is 0 Å². The zero-order chi connectivity index (χ0) is 18.6. The Morgan fingerprint density at radius 3 is 2.44 bits per heavy atom. The van der Waals surface area contributed by atoms with Gasteiger partial charge in [-0.3, -0.25) is 4.79 Å². The van der Waals surface area contributed by atoms with E-state index < -0.39 is 5.41 Å². The van der Waals surface area contributed by atoms with Gasteiger partial charge in [-0.2, -0.15) is 0 Å². The minimum atomic E-state index is -0.536. The highest BCUT2D eigenvalue weighted by Gasteiger charge is 2.42. The molecular weight excluding hydrogens is 328 g/mol. The molecule has 0 saturated heterocycles. The van der Waals surface area contributed by atoms with Crippen LogP contribution in [-0.4, -0.2) is 5.78 Å². The molecule has 3 aromatic carbocycles. The highest BCUT2D eigenvalue weighted by atomic mass is 16.1. The van der Waals surface area contributed by atoms with Crippen LogP contribution in [0, 0.1) is 6.92 Å². The smallest absolute Gasteiger partial charge is 0.147 e. The van der Waals surface area contributed by atoms with Gasteiger partial charge in [0.2, 0.25) is 0 Å². The molecule has 0 bridgehead atoms. The number of ketones is 1. The summed E-state index contributed by atoms with van der Waals surface area (Å²) in [7, 11) is 0. The fourth-order valence-electron chi connectivity index (χ4n) is 5.16. The molecule has 1 nitrogen and oxygen atoms in total. The van der Waals surface area contributed by atoms with Gasteiger partial charge in [-0.1, -0.05) is 66.2 Å². The number of aryl methyl sites for hydroxylation is 2. The Kier molecular flexibility index (Phi) is 3.62. The standard InChI is InChI=1S/C26H24O/c1-17-6-5-8-19(16-17)26(2)24-14-12-21-20-9-4-3-7-18(20)10-11-22(21)23(24)13-15-25(26)27/h3-9,12,14,16H,10-11,13,15H2,1-2H3. The van der Waals surface area contributed by atoms with E-state index in [0.29, 0.717) is 12.2 Å². The molecule has 0 spiro atoms. The normalized spacial score (nSPS) is 20.6. The van der Waals surface area contributed by atoms with Gasteiger partial charge in [0.15, 0.2) is 0 Å². The average molecular weight is 352 g/mol. The molecule has 0 amide bonds. The monoisotopic (exact) mass is 352 g/mol. The summed E-state index contributed by atoms with van der Waals surface area (Å²) in [6, 6.07) is 21.7. The first-order chi connectivity index (χ1) is 13.1. The van der Waals surface area contributed by atoms with Crippen molar-refractivity contribution in [3.05, 3.63) is 94.0 Å². The lowest BCUT2D eigenvalue weighted by Crippen LogP contribution is -2.39. The van der Waals surface area contributed by atoms with Crippen molar-refractivity contribution in [2.45, 2.75) is 44.9 Å². The number of Topliss-reactive ketones (excluding diaryl/α,β-unsaturated/α-hetero) is 1. The number of benzene rings is 3. The van der Waals surface area contributed by atoms with Gasteiger partial charge in [0, 0.05) is 6.42 Å². The molecule has 134 valence electrons. The van der Waals surface area contributed by atoms with Crippen LogP contribution in [0.5, 0.6) is 0 Å². The number of carbonyl (C=O) groups excluding carboxylic acids is 1. The molecule has 2 aliphatic carbocycles. The van der Waals surface area contributed by atoms with Gasteiger partial charge in [0.05, 0.1) is 5.41 Å². The summed E-state index contributed by atoms with van der Waals surface area (Å²) in [6.07, 6.45) is 3.68. The first kappa shape index (κ1) is 16.5. The summed E-state index contributed by atoms with van der Waals surface area (Å²) < 4.78 is 0. The van der Waals surface area contributed by atoms with E-state index in [1.165, 1.54) is 38.9 Å². The average Bonchev–Trinajstić information content (AvgIpc) is 2.70. The van der Waals surface area contributed by atoms with Gasteiger partial charge in [-0.15, -0.1) is 0 Å². The van der Waals surface area contributed by atoms with E-state index in [-0.39, 0.29) is 0 Å². The predicted molar refractivity (Wildman–Crippen MR) is 110 cm³/mol. The molecule has 5 rings (SSSR count). The summed E-state index contributed by atoms with van der Waals surface area (Å²) in [5.41, 5.74) is 10.1. The van der Waals surface area contributed by atoms with Gasteiger partial charge in [0.1, 0.15) is 5.78 Å². The maximum absolute atomic E-state index is 13.2. The molecule has 1 heteroatoms. The quantitative estimate of drug-likeness (QED) is 0.558. The Bertz CT molecular complexity index is 1080. The van der Waals surface area contributed by atoms with Crippen molar-refractivity contribution in [3.8, 4) is 11.1 Å². The number of hydrogen-bond donors (Lipinski definition) is 0. The van der Waals surface area contributed by atoms with Gasteiger partial charge in [-0.25, -0.2) is 0 Å². The maximum Gasteiger partial charge on any atom is 0.147 e. The lowest BCUT2D eigenvalue weighted by Gasteiger charge is -2.38. The van der Waals surface area contributed by atoms with Gasteiger partial charge >= 0.3 is 0 Å². The van der Waals surface area contributed by atoms with Crippen molar-refractivity contribution in [3.63, 3.8) is 0 Å². The van der Waals surface area contributed by atoms with E-state index >= 15 is 0 Å². The van der Waals surface area contributed by atoms with Crippen LogP contribution in [0.25, 0.3) is 11.1 Å². The van der Waals surface area contributed by atoms with Crippen molar-refractivity contribution in [2.24, 2.45) is 0 Å². The third kappa shape index (κ3) is 2.34. The number of hydrogen-bond acceptors (Lipinski definition) is 1. The molecule has 0 aliphatic heterocycles. The highest BCUT2D eigenvalue weighted by Crippen LogP contribution is 2.45. The fourth-order valence-corrected chi connectivity index (χ4v) is 5.16. The molecule has 0 heterocycles. The van der Waals surface area contributed by atoms with Crippen LogP contribution >= 0.6 is 0 Å². The van der Waals surface area contributed by atoms with E-state index in [9.17, 15) is 4.79 Å². The second-order valence-electron chi connectivity index (χ2n) is 8.19. The highest BCUT2D eigenvalue weighted by molar-refractivity contribution is 5.96. The second kappa shape index (κ2) is 5.92. The molecule has 0 N–H and O–H groups in total. The van der Waals surface area contributed by atoms with Crippen molar-refractivity contribution < 1.29 is 4.79 Å². The molecular formula is C26H24O. The molecule has 1 unspecified atom stereocenters. The Morgan fingerprint density at radius 1 is 0.778 bits per heavy atom. The first-order valence-corrected chi connectivity index (χ1v) is 9.93. The van der Waals surface area contributed by atoms with E-state index in [4.69, 9.17) is 0 Å². The van der Waals surface area contributed by atoms with Gasteiger partial charge in [-0.05, 0) is 72.1 Å². The van der Waals surface area contributed by atoms with Gasteiger partial charge in [0.25, 0.3) is 0 Å². The zero-order valence-electron chi connectivity index (χ0n) is 16.0. The molecule has 0 radical (unpaired) electrons. The number of rotatable bonds is 1. The maximum atomic E-state index is 13.2. The van der Waals surface area contributed by atoms with E-state index in [2.05, 4.69) is 74.5 Å². The summed E-state index contributed by atoms with van der Waals surface area (Å²) in [5.74, 6) is 0.344. The van der Waals surface area contributed by atoms with Crippen LogP contribution in [0.2, 0.25) is 0 Å². The van der Waals surface area contributed by atoms with Gasteiger partial charge < -0.3 is 0 Å². The Morgan fingerprint density at radius 2 is 1.59 bits per heavy atom. The third-order valence-corrected chi connectivity index (χ3v) is 6.68. The molecule has 1 atom stereocenters. The van der Waals surface area contributed by atoms with Crippen LogP contribution < -0.4 is 0 Å². The minimum Gasteiger partial charge on any atom is -0.298 e. The van der Waals surface area contributed by atoms with Crippen LogP contribution in [0.3, 0.4) is 0 Å². The molecule has 3 aromatic rings.